The Morgan fingerprint density at radius 3 is 2.75 bits per heavy atom. The van der Waals surface area contributed by atoms with Crippen molar-refractivity contribution in [3.8, 4) is 0 Å². The fourth-order valence-corrected chi connectivity index (χ4v) is 4.11. The van der Waals surface area contributed by atoms with Crippen molar-refractivity contribution < 1.29 is 0 Å². The maximum Gasteiger partial charge on any atom is 0.133 e. The Balaban J connectivity index is 1.46. The second-order valence-corrected chi connectivity index (χ2v) is 8.07. The summed E-state index contributed by atoms with van der Waals surface area (Å²) < 4.78 is 2.23. The molecule has 2 aromatic heterocycles. The van der Waals surface area contributed by atoms with Crippen LogP contribution in [0.1, 0.15) is 37.6 Å². The number of benzene rings is 1. The van der Waals surface area contributed by atoms with Crippen LogP contribution in [0.25, 0.3) is 10.9 Å². The molecule has 148 valence electrons. The van der Waals surface area contributed by atoms with Crippen molar-refractivity contribution in [3.05, 3.63) is 54.1 Å². The molecular formula is C23H31N5. The molecule has 5 nitrogen and oxygen atoms in total. The van der Waals surface area contributed by atoms with Crippen molar-refractivity contribution in [2.24, 2.45) is 5.92 Å². The minimum absolute atomic E-state index is 0.541. The number of piperidine rings is 1. The lowest BCUT2D eigenvalue weighted by molar-refractivity contribution is 0.440. The van der Waals surface area contributed by atoms with Gasteiger partial charge >= 0.3 is 0 Å². The third kappa shape index (κ3) is 4.36. The molecule has 0 spiro atoms. The Morgan fingerprint density at radius 2 is 1.96 bits per heavy atom. The van der Waals surface area contributed by atoms with Gasteiger partial charge in [0.2, 0.25) is 0 Å². The summed E-state index contributed by atoms with van der Waals surface area (Å²) in [5, 5.41) is 4.90. The van der Waals surface area contributed by atoms with Crippen LogP contribution in [-0.4, -0.2) is 34.2 Å². The molecule has 0 amide bonds. The smallest absolute Gasteiger partial charge is 0.133 e. The Morgan fingerprint density at radius 1 is 1.14 bits per heavy atom. The van der Waals surface area contributed by atoms with Crippen LogP contribution in [0.2, 0.25) is 0 Å². The number of aromatic nitrogens is 3. The molecular weight excluding hydrogens is 346 g/mol. The Labute approximate surface area is 167 Å². The van der Waals surface area contributed by atoms with E-state index in [-0.39, 0.29) is 0 Å². The summed E-state index contributed by atoms with van der Waals surface area (Å²) >= 11 is 0. The van der Waals surface area contributed by atoms with Gasteiger partial charge in [-0.2, -0.15) is 0 Å². The Hall–Kier alpha value is -2.40. The molecule has 1 aliphatic rings. The molecule has 1 unspecified atom stereocenters. The molecule has 1 aromatic carbocycles. The predicted octanol–water partition coefficient (Wildman–Crippen LogP) is 4.16. The first-order valence-electron chi connectivity index (χ1n) is 10.5. The summed E-state index contributed by atoms with van der Waals surface area (Å²) in [7, 11) is 0. The average Bonchev–Trinajstić information content (AvgIpc) is 3.12. The highest BCUT2D eigenvalue weighted by Gasteiger charge is 2.17. The summed E-state index contributed by atoms with van der Waals surface area (Å²) in [6, 6.07) is 10.8. The number of hydrogen-bond acceptors (Lipinski definition) is 4. The number of fused-ring (bicyclic) bond motifs is 1. The molecule has 1 saturated heterocycles. The summed E-state index contributed by atoms with van der Waals surface area (Å²) in [5.41, 5.74) is 2.40. The summed E-state index contributed by atoms with van der Waals surface area (Å²) in [4.78, 5) is 11.8. The van der Waals surface area contributed by atoms with Crippen LogP contribution in [-0.2, 0) is 13.1 Å². The number of imidazole rings is 1. The highest BCUT2D eigenvalue weighted by Crippen LogP contribution is 2.26. The van der Waals surface area contributed by atoms with Crippen LogP contribution < -0.4 is 10.2 Å². The number of anilines is 1. The zero-order valence-corrected chi connectivity index (χ0v) is 17.1. The van der Waals surface area contributed by atoms with E-state index in [4.69, 9.17) is 4.98 Å². The maximum absolute atomic E-state index is 5.04. The van der Waals surface area contributed by atoms with Crippen LogP contribution in [0.5, 0.6) is 0 Å². The quantitative estimate of drug-likeness (QED) is 0.672. The standard InChI is InChI=1S/C23H31N5/c1-18(17-28-13-10-25-19(28)2)15-24-16-21-14-20-8-4-5-9-22(20)26-23(21)27-11-6-3-7-12-27/h4-5,8-10,13-14,18,24H,3,6-7,11-12,15-17H2,1-2H3. The fourth-order valence-electron chi connectivity index (χ4n) is 4.11. The largest absolute Gasteiger partial charge is 0.356 e. The first-order valence-corrected chi connectivity index (χ1v) is 10.5. The number of rotatable bonds is 7. The molecule has 0 aliphatic carbocycles. The minimum Gasteiger partial charge on any atom is -0.356 e. The number of nitrogens with one attached hydrogen (secondary N) is 1. The lowest BCUT2D eigenvalue weighted by atomic mass is 10.1. The normalized spacial score (nSPS) is 15.9. The molecule has 3 aromatic rings. The van der Waals surface area contributed by atoms with E-state index < -0.39 is 0 Å². The summed E-state index contributed by atoms with van der Waals surface area (Å²) in [6.45, 7) is 9.42. The third-order valence-corrected chi connectivity index (χ3v) is 5.68. The highest BCUT2D eigenvalue weighted by atomic mass is 15.2. The van der Waals surface area contributed by atoms with Gasteiger partial charge in [-0.25, -0.2) is 9.97 Å². The number of nitrogens with zero attached hydrogens (tertiary/aromatic N) is 4. The second-order valence-electron chi connectivity index (χ2n) is 8.07. The van der Waals surface area contributed by atoms with Crippen molar-refractivity contribution >= 4 is 16.7 Å². The lowest BCUT2D eigenvalue weighted by Crippen LogP contribution is -2.32. The van der Waals surface area contributed by atoms with Gasteiger partial charge in [-0.3, -0.25) is 0 Å². The molecule has 4 rings (SSSR count). The minimum atomic E-state index is 0.541. The van der Waals surface area contributed by atoms with Crippen molar-refractivity contribution in [3.63, 3.8) is 0 Å². The van der Waals surface area contributed by atoms with Gasteiger partial charge in [-0.1, -0.05) is 25.1 Å². The van der Waals surface area contributed by atoms with E-state index in [9.17, 15) is 0 Å². The SMILES string of the molecule is Cc1nccn1CC(C)CNCc1cc2ccccc2nc1N1CCCCC1. The molecule has 5 heteroatoms. The van der Waals surface area contributed by atoms with Crippen molar-refractivity contribution in [1.29, 1.82) is 0 Å². The van der Waals surface area contributed by atoms with Crippen LogP contribution in [0.15, 0.2) is 42.7 Å². The van der Waals surface area contributed by atoms with Crippen LogP contribution in [0.3, 0.4) is 0 Å². The number of aryl methyl sites for hydroxylation is 1. The topological polar surface area (TPSA) is 46.0 Å². The lowest BCUT2D eigenvalue weighted by Gasteiger charge is -2.30. The highest BCUT2D eigenvalue weighted by molar-refractivity contribution is 5.81. The molecule has 1 N–H and O–H groups in total. The van der Waals surface area contributed by atoms with Gasteiger partial charge in [0.1, 0.15) is 11.6 Å². The molecule has 0 radical (unpaired) electrons. The van der Waals surface area contributed by atoms with E-state index in [1.165, 1.54) is 36.0 Å². The first-order chi connectivity index (χ1) is 13.7. The molecule has 0 saturated carbocycles. The van der Waals surface area contributed by atoms with Gasteiger partial charge in [0.25, 0.3) is 0 Å². The van der Waals surface area contributed by atoms with Gasteiger partial charge in [0.05, 0.1) is 5.52 Å². The van der Waals surface area contributed by atoms with E-state index in [0.717, 1.165) is 44.1 Å². The maximum atomic E-state index is 5.04. The van der Waals surface area contributed by atoms with E-state index in [1.807, 2.05) is 6.20 Å². The van der Waals surface area contributed by atoms with Crippen LogP contribution in [0.4, 0.5) is 5.82 Å². The average molecular weight is 378 g/mol. The molecule has 28 heavy (non-hydrogen) atoms. The molecule has 0 bridgehead atoms. The van der Waals surface area contributed by atoms with Gasteiger partial charge in [0, 0.05) is 49.5 Å². The zero-order chi connectivity index (χ0) is 19.3. The molecule has 1 fully saturated rings. The number of pyridine rings is 1. The molecule has 3 heterocycles. The second kappa shape index (κ2) is 8.74. The van der Waals surface area contributed by atoms with Crippen molar-refractivity contribution in [2.45, 2.75) is 46.2 Å². The van der Waals surface area contributed by atoms with Crippen LogP contribution >= 0.6 is 0 Å². The predicted molar refractivity (Wildman–Crippen MR) is 116 cm³/mol. The van der Waals surface area contributed by atoms with E-state index in [2.05, 4.69) is 70.1 Å². The first kappa shape index (κ1) is 18.9. The zero-order valence-electron chi connectivity index (χ0n) is 17.1. The summed E-state index contributed by atoms with van der Waals surface area (Å²) in [5.74, 6) is 2.79. The molecule has 1 atom stereocenters. The van der Waals surface area contributed by atoms with Gasteiger partial charge in [-0.15, -0.1) is 0 Å². The fraction of sp³-hybridized carbons (Fsp3) is 0.478. The number of hydrogen-bond donors (Lipinski definition) is 1. The van der Waals surface area contributed by atoms with E-state index >= 15 is 0 Å². The van der Waals surface area contributed by atoms with Gasteiger partial charge in [-0.05, 0) is 50.8 Å². The van der Waals surface area contributed by atoms with Gasteiger partial charge < -0.3 is 14.8 Å². The van der Waals surface area contributed by atoms with E-state index in [1.54, 1.807) is 0 Å². The molecule has 1 aliphatic heterocycles. The Kier molecular flexibility index (Phi) is 5.91. The van der Waals surface area contributed by atoms with E-state index in [0.29, 0.717) is 5.92 Å². The number of para-hydroxylation sites is 1. The van der Waals surface area contributed by atoms with Gasteiger partial charge in [0.15, 0.2) is 0 Å². The van der Waals surface area contributed by atoms with Crippen LogP contribution in [0, 0.1) is 12.8 Å². The van der Waals surface area contributed by atoms with Crippen molar-refractivity contribution in [1.82, 2.24) is 19.9 Å². The third-order valence-electron chi connectivity index (χ3n) is 5.68. The Bertz CT molecular complexity index is 910. The summed E-state index contributed by atoms with van der Waals surface area (Å²) in [6.07, 6.45) is 7.81. The van der Waals surface area contributed by atoms with Crippen molar-refractivity contribution in [2.75, 3.05) is 24.5 Å². The monoisotopic (exact) mass is 377 g/mol.